The monoisotopic (exact) mass is 470 g/mol. The number of carbonyl (C=O) groups is 2. The van der Waals surface area contributed by atoms with Gasteiger partial charge in [0.2, 0.25) is 0 Å². The zero-order valence-corrected chi connectivity index (χ0v) is 20.0. The van der Waals surface area contributed by atoms with Crippen LogP contribution in [0.2, 0.25) is 0 Å². The van der Waals surface area contributed by atoms with Crippen LogP contribution in [0, 0.1) is 11.8 Å². The van der Waals surface area contributed by atoms with E-state index in [4.69, 9.17) is 4.74 Å². The molecule has 2 aliphatic rings. The van der Waals surface area contributed by atoms with Gasteiger partial charge in [-0.1, -0.05) is 38.1 Å². The average Bonchev–Trinajstić information content (AvgIpc) is 3.13. The molecule has 2 aromatic rings. The third kappa shape index (κ3) is 4.76. The van der Waals surface area contributed by atoms with Crippen molar-refractivity contribution in [1.29, 1.82) is 0 Å². The van der Waals surface area contributed by atoms with E-state index in [2.05, 4.69) is 13.8 Å². The molecule has 2 aromatic carbocycles. The van der Waals surface area contributed by atoms with Gasteiger partial charge < -0.3 is 9.64 Å². The summed E-state index contributed by atoms with van der Waals surface area (Å²) in [6, 6.07) is 13.0. The van der Waals surface area contributed by atoms with Crippen LogP contribution in [0.4, 0.5) is 5.69 Å². The summed E-state index contributed by atoms with van der Waals surface area (Å²) in [7, 11) is -3.87. The van der Waals surface area contributed by atoms with Crippen molar-refractivity contribution in [1.82, 2.24) is 4.90 Å². The summed E-state index contributed by atoms with van der Waals surface area (Å²) >= 11 is 0. The number of amides is 1. The van der Waals surface area contributed by atoms with E-state index in [9.17, 15) is 18.0 Å². The molecule has 0 spiro atoms. The second-order valence-corrected chi connectivity index (χ2v) is 11.1. The van der Waals surface area contributed by atoms with Crippen LogP contribution in [0.15, 0.2) is 53.4 Å². The molecule has 8 heteroatoms. The summed E-state index contributed by atoms with van der Waals surface area (Å²) in [4.78, 5) is 26.9. The summed E-state index contributed by atoms with van der Waals surface area (Å²) in [6.45, 7) is 7.03. The highest BCUT2D eigenvalue weighted by atomic mass is 32.2. The van der Waals surface area contributed by atoms with Gasteiger partial charge in [-0.2, -0.15) is 0 Å². The van der Waals surface area contributed by atoms with Gasteiger partial charge in [-0.3, -0.25) is 9.10 Å². The summed E-state index contributed by atoms with van der Waals surface area (Å²) in [5, 5.41) is 0. The van der Waals surface area contributed by atoms with E-state index >= 15 is 0 Å². The van der Waals surface area contributed by atoms with Gasteiger partial charge in [0.15, 0.2) is 6.61 Å². The van der Waals surface area contributed by atoms with E-state index in [-0.39, 0.29) is 29.0 Å². The number of nitrogens with zero attached hydrogens (tertiary/aromatic N) is 2. The molecule has 0 aliphatic carbocycles. The fraction of sp³-hybridized carbons (Fsp3) is 0.440. The Morgan fingerprint density at radius 2 is 1.70 bits per heavy atom. The number of benzene rings is 2. The highest BCUT2D eigenvalue weighted by Gasteiger charge is 2.36. The van der Waals surface area contributed by atoms with Crippen LogP contribution < -0.4 is 4.31 Å². The Hall–Kier alpha value is -2.87. The molecule has 176 valence electrons. The smallest absolute Gasteiger partial charge is 0.338 e. The van der Waals surface area contributed by atoms with Crippen molar-refractivity contribution in [3.05, 3.63) is 59.7 Å². The standard InChI is InChI=1S/C25H30N2O5S/c1-17-11-18(2)15-26(14-17)24(28)16-32-25(29)21-8-6-9-22(13-21)33(30,31)27-19(3)12-20-7-4-5-10-23(20)27/h4-10,13,17-19H,11-12,14-16H2,1-3H3/t17-,18-,19-/m1/s1. The Balaban J connectivity index is 1.47. The Morgan fingerprint density at radius 1 is 1.00 bits per heavy atom. The number of fused-ring (bicyclic) bond motifs is 1. The maximum absolute atomic E-state index is 13.4. The lowest BCUT2D eigenvalue weighted by Crippen LogP contribution is -2.44. The van der Waals surface area contributed by atoms with Crippen molar-refractivity contribution in [2.45, 2.75) is 44.6 Å². The molecule has 4 rings (SSSR count). The fourth-order valence-electron chi connectivity index (χ4n) is 4.97. The van der Waals surface area contributed by atoms with E-state index < -0.39 is 16.0 Å². The predicted octanol–water partition coefficient (Wildman–Crippen LogP) is 3.49. The number of rotatable bonds is 5. The first-order valence-electron chi connectivity index (χ1n) is 11.3. The molecule has 1 fully saturated rings. The van der Waals surface area contributed by atoms with Gasteiger partial charge in [0, 0.05) is 19.1 Å². The molecule has 0 radical (unpaired) electrons. The number of anilines is 1. The number of carbonyl (C=O) groups excluding carboxylic acids is 2. The zero-order valence-electron chi connectivity index (χ0n) is 19.2. The molecule has 3 atom stereocenters. The zero-order chi connectivity index (χ0) is 23.8. The van der Waals surface area contributed by atoms with Gasteiger partial charge in [-0.25, -0.2) is 13.2 Å². The Kier molecular flexibility index (Phi) is 6.47. The molecule has 2 aliphatic heterocycles. The number of hydrogen-bond donors (Lipinski definition) is 0. The Labute approximate surface area is 195 Å². The fourth-order valence-corrected chi connectivity index (χ4v) is 6.71. The first kappa shape index (κ1) is 23.3. The largest absolute Gasteiger partial charge is 0.452 e. The lowest BCUT2D eigenvalue weighted by Gasteiger charge is -2.34. The van der Waals surface area contributed by atoms with Crippen LogP contribution in [-0.2, 0) is 26.0 Å². The quantitative estimate of drug-likeness (QED) is 0.625. The van der Waals surface area contributed by atoms with Crippen LogP contribution in [0.25, 0.3) is 0 Å². The summed E-state index contributed by atoms with van der Waals surface area (Å²) in [5.74, 6) is -0.122. The number of hydrogen-bond acceptors (Lipinski definition) is 5. The maximum atomic E-state index is 13.4. The summed E-state index contributed by atoms with van der Waals surface area (Å²) < 4.78 is 33.5. The summed E-state index contributed by atoms with van der Waals surface area (Å²) in [6.07, 6.45) is 1.71. The topological polar surface area (TPSA) is 84.0 Å². The van der Waals surface area contributed by atoms with Gasteiger partial charge in [-0.05, 0) is 61.4 Å². The SMILES string of the molecule is C[C@@H]1C[C@@H](C)CN(C(=O)COC(=O)c2cccc(S(=O)(=O)N3c4ccccc4C[C@H]3C)c2)C1. The van der Waals surface area contributed by atoms with Crippen molar-refractivity contribution in [3.8, 4) is 0 Å². The third-order valence-corrected chi connectivity index (χ3v) is 8.24. The average molecular weight is 471 g/mol. The third-order valence-electron chi connectivity index (χ3n) is 6.32. The van der Waals surface area contributed by atoms with E-state index in [1.54, 1.807) is 11.0 Å². The van der Waals surface area contributed by atoms with E-state index in [1.807, 2.05) is 25.1 Å². The van der Waals surface area contributed by atoms with Crippen molar-refractivity contribution in [2.24, 2.45) is 11.8 Å². The van der Waals surface area contributed by atoms with Crippen LogP contribution >= 0.6 is 0 Å². The molecule has 0 saturated carbocycles. The van der Waals surface area contributed by atoms with Gasteiger partial charge in [0.1, 0.15) is 0 Å². The lowest BCUT2D eigenvalue weighted by molar-refractivity contribution is -0.137. The van der Waals surface area contributed by atoms with Crippen molar-refractivity contribution in [2.75, 3.05) is 24.0 Å². The molecule has 0 aromatic heterocycles. The molecule has 2 heterocycles. The van der Waals surface area contributed by atoms with E-state index in [1.165, 1.54) is 28.6 Å². The molecule has 0 N–H and O–H groups in total. The highest BCUT2D eigenvalue weighted by Crippen LogP contribution is 2.36. The minimum absolute atomic E-state index is 0.0190. The molecule has 1 amide bonds. The van der Waals surface area contributed by atoms with Gasteiger partial charge in [-0.15, -0.1) is 0 Å². The normalized spacial score (nSPS) is 22.7. The molecule has 1 saturated heterocycles. The molecule has 33 heavy (non-hydrogen) atoms. The summed E-state index contributed by atoms with van der Waals surface area (Å²) in [5.41, 5.74) is 1.74. The number of ether oxygens (including phenoxy) is 1. The number of piperidine rings is 1. The lowest BCUT2D eigenvalue weighted by atomic mass is 9.92. The molecular formula is C25H30N2O5S. The number of sulfonamides is 1. The molecule has 7 nitrogen and oxygen atoms in total. The van der Waals surface area contributed by atoms with Crippen molar-refractivity contribution >= 4 is 27.6 Å². The number of para-hydroxylation sites is 1. The van der Waals surface area contributed by atoms with Crippen molar-refractivity contribution < 1.29 is 22.7 Å². The minimum Gasteiger partial charge on any atom is -0.452 e. The Bertz CT molecular complexity index is 1150. The minimum atomic E-state index is -3.87. The second-order valence-electron chi connectivity index (χ2n) is 9.33. The number of likely N-dealkylation sites (tertiary alicyclic amines) is 1. The first-order valence-corrected chi connectivity index (χ1v) is 12.8. The van der Waals surface area contributed by atoms with E-state index in [0.717, 1.165) is 12.0 Å². The highest BCUT2D eigenvalue weighted by molar-refractivity contribution is 7.92. The first-order chi connectivity index (χ1) is 15.7. The molecular weight excluding hydrogens is 440 g/mol. The predicted molar refractivity (Wildman–Crippen MR) is 126 cm³/mol. The van der Waals surface area contributed by atoms with Gasteiger partial charge in [0.25, 0.3) is 15.9 Å². The molecule has 0 bridgehead atoms. The molecule has 0 unspecified atom stereocenters. The van der Waals surface area contributed by atoms with Crippen LogP contribution in [0.5, 0.6) is 0 Å². The Morgan fingerprint density at radius 3 is 2.42 bits per heavy atom. The van der Waals surface area contributed by atoms with Gasteiger partial charge in [0.05, 0.1) is 16.1 Å². The van der Waals surface area contributed by atoms with Crippen molar-refractivity contribution in [3.63, 3.8) is 0 Å². The van der Waals surface area contributed by atoms with Crippen LogP contribution in [0.3, 0.4) is 0 Å². The van der Waals surface area contributed by atoms with Crippen LogP contribution in [0.1, 0.15) is 43.1 Å². The second kappa shape index (κ2) is 9.17. The van der Waals surface area contributed by atoms with Crippen LogP contribution in [-0.4, -0.2) is 50.9 Å². The number of esters is 1. The van der Waals surface area contributed by atoms with Gasteiger partial charge >= 0.3 is 5.97 Å². The maximum Gasteiger partial charge on any atom is 0.338 e. The van der Waals surface area contributed by atoms with E-state index in [0.29, 0.717) is 37.0 Å².